The van der Waals surface area contributed by atoms with Gasteiger partial charge in [0, 0.05) is 36.4 Å². The molecule has 1 saturated heterocycles. The zero-order valence-corrected chi connectivity index (χ0v) is 16.3. The van der Waals surface area contributed by atoms with Gasteiger partial charge in [0.2, 0.25) is 16.2 Å². The van der Waals surface area contributed by atoms with E-state index in [-0.39, 0.29) is 17.9 Å². The first-order valence-corrected chi connectivity index (χ1v) is 9.85. The summed E-state index contributed by atoms with van der Waals surface area (Å²) >= 11 is 1.62. The number of hydrogen-bond donors (Lipinski definition) is 1. The van der Waals surface area contributed by atoms with Crippen LogP contribution in [0.2, 0.25) is 0 Å². The van der Waals surface area contributed by atoms with Crippen LogP contribution in [0.25, 0.3) is 5.13 Å². The van der Waals surface area contributed by atoms with E-state index in [9.17, 15) is 4.79 Å². The lowest BCUT2D eigenvalue weighted by molar-refractivity contribution is -0.126. The van der Waals surface area contributed by atoms with Gasteiger partial charge in [-0.2, -0.15) is 0 Å². The van der Waals surface area contributed by atoms with Crippen LogP contribution in [-0.2, 0) is 4.79 Å². The van der Waals surface area contributed by atoms with E-state index in [4.69, 9.17) is 0 Å². The molecule has 1 aliphatic rings. The summed E-state index contributed by atoms with van der Waals surface area (Å²) in [5.74, 6) is 0.317. The fourth-order valence-electron chi connectivity index (χ4n) is 3.19. The summed E-state index contributed by atoms with van der Waals surface area (Å²) in [6, 6.07) is 4.44. The van der Waals surface area contributed by atoms with E-state index in [1.807, 2.05) is 0 Å². The Morgan fingerprint density at radius 2 is 1.84 bits per heavy atom. The summed E-state index contributed by atoms with van der Waals surface area (Å²) in [5.41, 5.74) is 2.33. The van der Waals surface area contributed by atoms with Gasteiger partial charge in [0.1, 0.15) is 0 Å². The van der Waals surface area contributed by atoms with Gasteiger partial charge in [-0.3, -0.25) is 9.36 Å². The van der Waals surface area contributed by atoms with E-state index >= 15 is 0 Å². The normalized spacial score (nSPS) is 16.9. The molecule has 1 fully saturated rings. The Bertz CT molecular complexity index is 710. The molecule has 25 heavy (non-hydrogen) atoms. The highest BCUT2D eigenvalue weighted by Gasteiger charge is 2.27. The second-order valence-electron chi connectivity index (χ2n) is 6.90. The predicted molar refractivity (Wildman–Crippen MR) is 102 cm³/mol. The van der Waals surface area contributed by atoms with Crippen molar-refractivity contribution in [1.82, 2.24) is 20.1 Å². The van der Waals surface area contributed by atoms with Crippen LogP contribution >= 0.6 is 11.3 Å². The van der Waals surface area contributed by atoms with E-state index in [2.05, 4.69) is 64.8 Å². The number of piperidine rings is 1. The highest BCUT2D eigenvalue weighted by Crippen LogP contribution is 2.29. The highest BCUT2D eigenvalue weighted by molar-refractivity contribution is 7.17. The van der Waals surface area contributed by atoms with E-state index in [1.54, 1.807) is 11.3 Å². The number of nitrogens with zero attached hydrogens (tertiary/aromatic N) is 4. The number of carbonyl (C=O) groups excluding carboxylic acids is 1. The molecule has 136 valence electrons. The van der Waals surface area contributed by atoms with Crippen molar-refractivity contribution in [2.45, 2.75) is 53.0 Å². The Morgan fingerprint density at radius 1 is 1.24 bits per heavy atom. The van der Waals surface area contributed by atoms with Crippen molar-refractivity contribution in [1.29, 1.82) is 0 Å². The summed E-state index contributed by atoms with van der Waals surface area (Å²) in [6.07, 6.45) is 2.72. The van der Waals surface area contributed by atoms with Gasteiger partial charge >= 0.3 is 0 Å². The van der Waals surface area contributed by atoms with E-state index in [0.717, 1.165) is 42.6 Å². The molecular weight excluding hydrogens is 334 g/mol. The molecule has 2 aromatic heterocycles. The highest BCUT2D eigenvalue weighted by atomic mass is 32.1. The Morgan fingerprint density at radius 3 is 2.44 bits per heavy atom. The second kappa shape index (κ2) is 7.56. The molecule has 0 radical (unpaired) electrons. The monoisotopic (exact) mass is 361 g/mol. The number of carbonyl (C=O) groups is 1. The molecule has 1 aliphatic heterocycles. The van der Waals surface area contributed by atoms with E-state index in [0.29, 0.717) is 0 Å². The average Bonchev–Trinajstić information content (AvgIpc) is 3.21. The molecule has 1 atom stereocenters. The third-order valence-corrected chi connectivity index (χ3v) is 5.97. The fourth-order valence-corrected chi connectivity index (χ4v) is 4.21. The number of aryl methyl sites for hydroxylation is 2. The smallest absolute Gasteiger partial charge is 0.223 e. The third-order valence-electron chi connectivity index (χ3n) is 5.00. The number of hydrogen-bond acceptors (Lipinski definition) is 5. The Labute approximate surface area is 153 Å². The maximum absolute atomic E-state index is 12.3. The number of amides is 1. The van der Waals surface area contributed by atoms with Crippen molar-refractivity contribution in [3.63, 3.8) is 0 Å². The molecule has 7 heteroatoms. The van der Waals surface area contributed by atoms with Gasteiger partial charge < -0.3 is 10.2 Å². The third kappa shape index (κ3) is 3.86. The van der Waals surface area contributed by atoms with Crippen LogP contribution < -0.4 is 10.2 Å². The summed E-state index contributed by atoms with van der Waals surface area (Å²) in [5, 5.41) is 13.7. The minimum absolute atomic E-state index is 0.117. The molecule has 1 unspecified atom stereocenters. The quantitative estimate of drug-likeness (QED) is 0.889. The Kier molecular flexibility index (Phi) is 5.42. The van der Waals surface area contributed by atoms with Gasteiger partial charge in [0.15, 0.2) is 0 Å². The molecule has 3 rings (SSSR count). The molecule has 1 N–H and O–H groups in total. The van der Waals surface area contributed by atoms with E-state index < -0.39 is 0 Å². The minimum atomic E-state index is 0.117. The van der Waals surface area contributed by atoms with Gasteiger partial charge in [0.25, 0.3) is 0 Å². The minimum Gasteiger partial charge on any atom is -0.353 e. The Hall–Kier alpha value is -1.89. The predicted octanol–water partition coefficient (Wildman–Crippen LogP) is 3.08. The molecule has 1 amide bonds. The van der Waals surface area contributed by atoms with Crippen molar-refractivity contribution in [3.8, 4) is 5.13 Å². The SMILES string of the molecule is CCC(C)NC(=O)C1CCN(c2nnc(-n3c(C)ccc3C)s2)CC1. The van der Waals surface area contributed by atoms with Crippen molar-refractivity contribution in [3.05, 3.63) is 23.5 Å². The number of rotatable bonds is 5. The lowest BCUT2D eigenvalue weighted by Gasteiger charge is -2.31. The molecule has 0 aromatic carbocycles. The summed E-state index contributed by atoms with van der Waals surface area (Å²) < 4.78 is 2.13. The first kappa shape index (κ1) is 17.9. The van der Waals surface area contributed by atoms with E-state index in [1.165, 1.54) is 11.4 Å². The molecule has 0 aliphatic carbocycles. The maximum Gasteiger partial charge on any atom is 0.223 e. The van der Waals surface area contributed by atoms with Gasteiger partial charge in [-0.25, -0.2) is 0 Å². The van der Waals surface area contributed by atoms with Crippen LogP contribution in [0.1, 0.15) is 44.5 Å². The Balaban J connectivity index is 1.62. The zero-order valence-electron chi connectivity index (χ0n) is 15.5. The van der Waals surface area contributed by atoms with Crippen LogP contribution in [0.3, 0.4) is 0 Å². The van der Waals surface area contributed by atoms with Crippen LogP contribution in [0.4, 0.5) is 5.13 Å². The van der Waals surface area contributed by atoms with Gasteiger partial charge in [-0.05, 0) is 52.2 Å². The summed E-state index contributed by atoms with van der Waals surface area (Å²) in [7, 11) is 0. The zero-order chi connectivity index (χ0) is 18.0. The van der Waals surface area contributed by atoms with Crippen molar-refractivity contribution >= 4 is 22.4 Å². The van der Waals surface area contributed by atoms with Gasteiger partial charge in [-0.15, -0.1) is 10.2 Å². The molecule has 3 heterocycles. The summed E-state index contributed by atoms with van der Waals surface area (Å²) in [6.45, 7) is 10.0. The van der Waals surface area contributed by atoms with Crippen LogP contribution in [0.15, 0.2) is 12.1 Å². The number of anilines is 1. The standard InChI is InChI=1S/C18H27N5OS/c1-5-12(2)19-16(24)15-8-10-22(11-9-15)17-20-21-18(25-17)23-13(3)6-7-14(23)4/h6-7,12,15H,5,8-11H2,1-4H3,(H,19,24). The average molecular weight is 362 g/mol. The number of nitrogens with one attached hydrogen (secondary N) is 1. The number of aromatic nitrogens is 3. The lowest BCUT2D eigenvalue weighted by Crippen LogP contribution is -2.43. The van der Waals surface area contributed by atoms with Crippen LogP contribution in [0, 0.1) is 19.8 Å². The molecule has 2 aromatic rings. The molecule has 0 saturated carbocycles. The van der Waals surface area contributed by atoms with Crippen molar-refractivity contribution < 1.29 is 4.79 Å². The molecular formula is C18H27N5OS. The largest absolute Gasteiger partial charge is 0.353 e. The molecule has 0 bridgehead atoms. The molecule has 0 spiro atoms. The fraction of sp³-hybridized carbons (Fsp3) is 0.611. The lowest BCUT2D eigenvalue weighted by atomic mass is 9.96. The topological polar surface area (TPSA) is 63.1 Å². The van der Waals surface area contributed by atoms with Crippen LogP contribution in [0.5, 0.6) is 0 Å². The first-order valence-electron chi connectivity index (χ1n) is 9.03. The van der Waals surface area contributed by atoms with Crippen molar-refractivity contribution in [2.24, 2.45) is 5.92 Å². The van der Waals surface area contributed by atoms with Crippen molar-refractivity contribution in [2.75, 3.05) is 18.0 Å². The molecule has 6 nitrogen and oxygen atoms in total. The first-order chi connectivity index (χ1) is 12.0. The van der Waals surface area contributed by atoms with Gasteiger partial charge in [-0.1, -0.05) is 18.3 Å². The second-order valence-corrected chi connectivity index (χ2v) is 7.83. The van der Waals surface area contributed by atoms with Gasteiger partial charge in [0.05, 0.1) is 0 Å². The maximum atomic E-state index is 12.3. The van der Waals surface area contributed by atoms with Crippen LogP contribution in [-0.4, -0.2) is 39.8 Å². The summed E-state index contributed by atoms with van der Waals surface area (Å²) in [4.78, 5) is 14.5.